The standard InChI is InChI=1S/C23H26N4O5S/c24-33(31,32)18-9-6-15(7-10-18)12-13-25-23(30)26-16-8-11-19-20(14-16)22(29)27(21(19)28)17-4-2-1-3-5-17/h6-11,14,17H,1-5,12-13H2,(H2,24,31,32)(H2,25,26,30). The van der Waals surface area contributed by atoms with Crippen LogP contribution in [0.4, 0.5) is 10.5 Å². The average molecular weight is 471 g/mol. The van der Waals surface area contributed by atoms with E-state index in [0.717, 1.165) is 37.7 Å². The molecule has 4 rings (SSSR count). The molecule has 0 spiro atoms. The van der Waals surface area contributed by atoms with Crippen molar-refractivity contribution >= 4 is 33.6 Å². The van der Waals surface area contributed by atoms with Gasteiger partial charge in [0.05, 0.1) is 16.0 Å². The van der Waals surface area contributed by atoms with Crippen molar-refractivity contribution < 1.29 is 22.8 Å². The third kappa shape index (κ3) is 5.07. The molecular weight excluding hydrogens is 444 g/mol. The minimum Gasteiger partial charge on any atom is -0.338 e. The van der Waals surface area contributed by atoms with Crippen molar-refractivity contribution in [2.45, 2.75) is 49.5 Å². The third-order valence-electron chi connectivity index (χ3n) is 6.07. The second kappa shape index (κ2) is 9.32. The summed E-state index contributed by atoms with van der Waals surface area (Å²) in [5, 5.41) is 10.5. The van der Waals surface area contributed by atoms with Crippen LogP contribution in [0.1, 0.15) is 58.4 Å². The number of sulfonamides is 1. The number of primary sulfonamides is 1. The van der Waals surface area contributed by atoms with Crippen molar-refractivity contribution in [3.05, 3.63) is 59.2 Å². The van der Waals surface area contributed by atoms with Crippen LogP contribution in [0, 0.1) is 0 Å². The largest absolute Gasteiger partial charge is 0.338 e. The highest BCUT2D eigenvalue weighted by Gasteiger charge is 2.40. The Labute approximate surface area is 192 Å². The summed E-state index contributed by atoms with van der Waals surface area (Å²) in [7, 11) is -3.74. The van der Waals surface area contributed by atoms with Gasteiger partial charge >= 0.3 is 6.03 Å². The molecule has 0 bridgehead atoms. The molecule has 0 aromatic heterocycles. The van der Waals surface area contributed by atoms with Gasteiger partial charge in [0.15, 0.2) is 0 Å². The van der Waals surface area contributed by atoms with Gasteiger partial charge in [0.1, 0.15) is 0 Å². The first-order valence-electron chi connectivity index (χ1n) is 10.9. The minimum absolute atomic E-state index is 0.0312. The summed E-state index contributed by atoms with van der Waals surface area (Å²) in [6, 6.07) is 10.4. The van der Waals surface area contributed by atoms with Crippen LogP contribution in [-0.2, 0) is 16.4 Å². The number of urea groups is 1. The monoisotopic (exact) mass is 470 g/mol. The van der Waals surface area contributed by atoms with Gasteiger partial charge in [-0.1, -0.05) is 31.4 Å². The number of amides is 4. The predicted molar refractivity (Wildman–Crippen MR) is 122 cm³/mol. The van der Waals surface area contributed by atoms with Crippen molar-refractivity contribution in [2.75, 3.05) is 11.9 Å². The molecule has 9 nitrogen and oxygen atoms in total. The lowest BCUT2D eigenvalue weighted by atomic mass is 9.94. The van der Waals surface area contributed by atoms with Crippen molar-refractivity contribution in [2.24, 2.45) is 5.14 Å². The van der Waals surface area contributed by atoms with E-state index in [1.807, 2.05) is 0 Å². The maximum atomic E-state index is 12.9. The highest BCUT2D eigenvalue weighted by atomic mass is 32.2. The fourth-order valence-electron chi connectivity index (χ4n) is 4.35. The highest BCUT2D eigenvalue weighted by Crippen LogP contribution is 2.32. The summed E-state index contributed by atoms with van der Waals surface area (Å²) in [4.78, 5) is 39.3. The van der Waals surface area contributed by atoms with Crippen LogP contribution in [0.25, 0.3) is 0 Å². The topological polar surface area (TPSA) is 139 Å². The van der Waals surface area contributed by atoms with Crippen LogP contribution < -0.4 is 15.8 Å². The Balaban J connectivity index is 1.33. The smallest absolute Gasteiger partial charge is 0.319 e. The van der Waals surface area contributed by atoms with E-state index >= 15 is 0 Å². The van der Waals surface area contributed by atoms with Crippen molar-refractivity contribution in [3.63, 3.8) is 0 Å². The molecule has 0 saturated heterocycles. The van der Waals surface area contributed by atoms with Gasteiger partial charge in [0.2, 0.25) is 10.0 Å². The first-order valence-corrected chi connectivity index (χ1v) is 12.5. The van der Waals surface area contributed by atoms with Crippen molar-refractivity contribution in [1.29, 1.82) is 0 Å². The summed E-state index contributed by atoms with van der Waals surface area (Å²) in [6.07, 6.45) is 5.33. The summed E-state index contributed by atoms with van der Waals surface area (Å²) >= 11 is 0. The van der Waals surface area contributed by atoms with Crippen molar-refractivity contribution in [1.82, 2.24) is 10.2 Å². The fourth-order valence-corrected chi connectivity index (χ4v) is 4.86. The molecule has 1 aliphatic carbocycles. The van der Waals surface area contributed by atoms with Crippen LogP contribution in [0.15, 0.2) is 47.4 Å². The second-order valence-electron chi connectivity index (χ2n) is 8.35. The molecule has 10 heteroatoms. The van der Waals surface area contributed by atoms with Gasteiger partial charge < -0.3 is 10.6 Å². The van der Waals surface area contributed by atoms with Crippen LogP contribution in [-0.4, -0.2) is 43.7 Å². The number of fused-ring (bicyclic) bond motifs is 1. The lowest BCUT2D eigenvalue weighted by molar-refractivity contribution is 0.0549. The number of hydrogen-bond donors (Lipinski definition) is 3. The number of nitrogens with one attached hydrogen (secondary N) is 2. The van der Waals surface area contributed by atoms with Crippen LogP contribution in [0.2, 0.25) is 0 Å². The summed E-state index contributed by atoms with van der Waals surface area (Å²) in [6.45, 7) is 0.318. The Morgan fingerprint density at radius 1 is 0.970 bits per heavy atom. The Morgan fingerprint density at radius 2 is 1.64 bits per heavy atom. The zero-order valence-corrected chi connectivity index (χ0v) is 18.9. The molecule has 174 valence electrons. The number of imide groups is 1. The number of anilines is 1. The summed E-state index contributed by atoms with van der Waals surface area (Å²) in [5.41, 5.74) is 1.96. The van der Waals surface area contributed by atoms with Gasteiger partial charge in [-0.15, -0.1) is 0 Å². The molecule has 2 aromatic carbocycles. The molecule has 0 radical (unpaired) electrons. The van der Waals surface area contributed by atoms with Gasteiger partial charge in [0, 0.05) is 18.3 Å². The number of rotatable bonds is 6. The van der Waals surface area contributed by atoms with Gasteiger partial charge in [-0.05, 0) is 55.2 Å². The van der Waals surface area contributed by atoms with Gasteiger partial charge in [-0.3, -0.25) is 14.5 Å². The van der Waals surface area contributed by atoms with Crippen molar-refractivity contribution in [3.8, 4) is 0 Å². The molecule has 1 heterocycles. The number of benzene rings is 2. The van der Waals surface area contributed by atoms with Crippen LogP contribution in [0.3, 0.4) is 0 Å². The number of carbonyl (C=O) groups is 3. The number of nitrogens with two attached hydrogens (primary N) is 1. The molecule has 33 heavy (non-hydrogen) atoms. The maximum Gasteiger partial charge on any atom is 0.319 e. The summed E-state index contributed by atoms with van der Waals surface area (Å²) in [5.74, 6) is -0.555. The second-order valence-corrected chi connectivity index (χ2v) is 9.91. The first-order chi connectivity index (χ1) is 15.7. The molecular formula is C23H26N4O5S. The zero-order chi connectivity index (χ0) is 23.6. The third-order valence-corrected chi connectivity index (χ3v) is 7.00. The molecule has 4 N–H and O–H groups in total. The van der Waals surface area contributed by atoms with E-state index in [-0.39, 0.29) is 22.8 Å². The number of carbonyl (C=O) groups excluding carboxylic acids is 3. The lowest BCUT2D eigenvalue weighted by Crippen LogP contribution is -2.40. The summed E-state index contributed by atoms with van der Waals surface area (Å²) < 4.78 is 22.6. The number of nitrogens with zero attached hydrogens (tertiary/aromatic N) is 1. The SMILES string of the molecule is NS(=O)(=O)c1ccc(CCNC(=O)Nc2ccc3c(c2)C(=O)N(C2CCCCC2)C3=O)cc1. The molecule has 0 atom stereocenters. The fraction of sp³-hybridized carbons (Fsp3) is 0.348. The Morgan fingerprint density at radius 3 is 2.30 bits per heavy atom. The van der Waals surface area contributed by atoms with E-state index in [0.29, 0.717) is 29.8 Å². The van der Waals surface area contributed by atoms with E-state index in [2.05, 4.69) is 10.6 Å². The Kier molecular flexibility index (Phi) is 6.48. The zero-order valence-electron chi connectivity index (χ0n) is 18.0. The minimum atomic E-state index is -3.74. The van der Waals surface area contributed by atoms with E-state index < -0.39 is 16.1 Å². The Hall–Kier alpha value is -3.24. The Bertz CT molecular complexity index is 1190. The molecule has 4 amide bonds. The average Bonchev–Trinajstić information content (AvgIpc) is 3.03. The van der Waals surface area contributed by atoms with Crippen LogP contribution >= 0.6 is 0 Å². The van der Waals surface area contributed by atoms with Gasteiger partial charge in [0.25, 0.3) is 11.8 Å². The van der Waals surface area contributed by atoms with E-state index in [1.54, 1.807) is 30.3 Å². The lowest BCUT2D eigenvalue weighted by Gasteiger charge is -2.29. The maximum absolute atomic E-state index is 12.9. The van der Waals surface area contributed by atoms with Gasteiger partial charge in [-0.25, -0.2) is 18.4 Å². The molecule has 1 fully saturated rings. The molecule has 0 unspecified atom stereocenters. The molecule has 2 aromatic rings. The molecule has 1 saturated carbocycles. The number of hydrogen-bond acceptors (Lipinski definition) is 5. The van der Waals surface area contributed by atoms with E-state index in [4.69, 9.17) is 5.14 Å². The van der Waals surface area contributed by atoms with Crippen LogP contribution in [0.5, 0.6) is 0 Å². The molecule has 1 aliphatic heterocycles. The predicted octanol–water partition coefficient (Wildman–Crippen LogP) is 2.63. The van der Waals surface area contributed by atoms with E-state index in [9.17, 15) is 22.8 Å². The highest BCUT2D eigenvalue weighted by molar-refractivity contribution is 7.89. The first kappa shape index (κ1) is 22.9. The van der Waals surface area contributed by atoms with E-state index in [1.165, 1.54) is 17.0 Å². The normalized spacial score (nSPS) is 16.6. The quantitative estimate of drug-likeness (QED) is 0.557. The molecule has 2 aliphatic rings. The van der Waals surface area contributed by atoms with Gasteiger partial charge in [-0.2, -0.15) is 0 Å².